The molecule has 0 spiro atoms. The first kappa shape index (κ1) is 13.0. The van der Waals surface area contributed by atoms with Crippen molar-refractivity contribution in [3.63, 3.8) is 0 Å². The van der Waals surface area contributed by atoms with Gasteiger partial charge in [-0.3, -0.25) is 0 Å². The van der Waals surface area contributed by atoms with Gasteiger partial charge in [-0.15, -0.1) is 22.7 Å². The zero-order valence-electron chi connectivity index (χ0n) is 11.7. The molecule has 6 heteroatoms. The van der Waals surface area contributed by atoms with Crippen LogP contribution in [0.4, 0.5) is 11.8 Å². The summed E-state index contributed by atoms with van der Waals surface area (Å²) in [7, 11) is 1.87. The van der Waals surface area contributed by atoms with Crippen LogP contribution in [0.15, 0.2) is 29.0 Å². The van der Waals surface area contributed by atoms with Gasteiger partial charge in [-0.25, -0.2) is 4.98 Å². The Morgan fingerprint density at radius 3 is 2.86 bits per heavy atom. The molecule has 0 radical (unpaired) electrons. The molecule has 108 valence electrons. The monoisotopic (exact) mass is 316 g/mol. The van der Waals surface area contributed by atoms with Crippen LogP contribution in [0.25, 0.3) is 10.2 Å². The molecule has 1 aliphatic carbocycles. The summed E-state index contributed by atoms with van der Waals surface area (Å²) in [6.45, 7) is 0.938. The molecule has 0 aliphatic heterocycles. The summed E-state index contributed by atoms with van der Waals surface area (Å²) in [5.74, 6) is 1.78. The molecule has 4 rings (SSSR count). The predicted molar refractivity (Wildman–Crippen MR) is 90.5 cm³/mol. The molecule has 0 unspecified atom stereocenters. The Balaban J connectivity index is 1.79. The number of thiophene rings is 2. The molecule has 3 aromatic heterocycles. The van der Waals surface area contributed by atoms with Crippen LogP contribution in [0.1, 0.15) is 17.7 Å². The molecule has 1 fully saturated rings. The van der Waals surface area contributed by atoms with Crippen molar-refractivity contribution < 1.29 is 0 Å². The maximum Gasteiger partial charge on any atom is 0.225 e. The van der Waals surface area contributed by atoms with Crippen molar-refractivity contribution in [3.05, 3.63) is 33.8 Å². The molecule has 3 aromatic rings. The van der Waals surface area contributed by atoms with Gasteiger partial charge in [0.1, 0.15) is 10.6 Å². The first-order valence-corrected chi connectivity index (χ1v) is 8.83. The zero-order chi connectivity index (χ0) is 14.2. The number of nitrogens with one attached hydrogen (secondary N) is 1. The Hall–Kier alpha value is -1.66. The largest absolute Gasteiger partial charge is 0.357 e. The van der Waals surface area contributed by atoms with Crippen LogP contribution in [0.2, 0.25) is 0 Å². The van der Waals surface area contributed by atoms with E-state index in [2.05, 4.69) is 44.2 Å². The summed E-state index contributed by atoms with van der Waals surface area (Å²) in [5, 5.41) is 8.49. The van der Waals surface area contributed by atoms with Crippen LogP contribution in [-0.2, 0) is 6.54 Å². The van der Waals surface area contributed by atoms with Gasteiger partial charge in [-0.1, -0.05) is 6.07 Å². The Morgan fingerprint density at radius 2 is 2.14 bits per heavy atom. The van der Waals surface area contributed by atoms with Gasteiger partial charge in [0.2, 0.25) is 5.95 Å². The summed E-state index contributed by atoms with van der Waals surface area (Å²) < 4.78 is 0. The van der Waals surface area contributed by atoms with Gasteiger partial charge in [0.15, 0.2) is 0 Å². The fourth-order valence-corrected chi connectivity index (χ4v) is 3.97. The number of hydrogen-bond donors (Lipinski definition) is 1. The van der Waals surface area contributed by atoms with Crippen LogP contribution in [0.3, 0.4) is 0 Å². The first-order chi connectivity index (χ1) is 10.3. The molecule has 0 aromatic carbocycles. The number of fused-ring (bicyclic) bond motifs is 1. The molecule has 3 heterocycles. The topological polar surface area (TPSA) is 41.1 Å². The molecule has 0 bridgehead atoms. The third-order valence-electron chi connectivity index (χ3n) is 3.69. The van der Waals surface area contributed by atoms with E-state index in [4.69, 9.17) is 4.98 Å². The highest BCUT2D eigenvalue weighted by molar-refractivity contribution is 7.16. The van der Waals surface area contributed by atoms with Crippen LogP contribution in [-0.4, -0.2) is 23.1 Å². The summed E-state index contributed by atoms with van der Waals surface area (Å²) in [4.78, 5) is 14.2. The molecule has 1 N–H and O–H groups in total. The Kier molecular flexibility index (Phi) is 3.27. The number of rotatable bonds is 5. The summed E-state index contributed by atoms with van der Waals surface area (Å²) in [6.07, 6.45) is 2.52. The van der Waals surface area contributed by atoms with E-state index < -0.39 is 0 Å². The van der Waals surface area contributed by atoms with Crippen LogP contribution < -0.4 is 10.2 Å². The maximum atomic E-state index is 4.75. The highest BCUT2D eigenvalue weighted by Crippen LogP contribution is 2.37. The van der Waals surface area contributed by atoms with E-state index in [0.717, 1.165) is 17.2 Å². The van der Waals surface area contributed by atoms with Crippen molar-refractivity contribution in [1.29, 1.82) is 0 Å². The SMILES string of the molecule is CNc1nc(N(Cc2cccs2)C2CC2)c2ccsc2n1. The Labute approximate surface area is 131 Å². The third kappa shape index (κ3) is 2.49. The molecule has 21 heavy (non-hydrogen) atoms. The van der Waals surface area contributed by atoms with Gasteiger partial charge in [-0.2, -0.15) is 4.98 Å². The Bertz CT molecular complexity index is 746. The second kappa shape index (κ2) is 5.27. The van der Waals surface area contributed by atoms with Crippen molar-refractivity contribution in [2.75, 3.05) is 17.3 Å². The van der Waals surface area contributed by atoms with Gasteiger partial charge < -0.3 is 10.2 Å². The van der Waals surface area contributed by atoms with E-state index in [9.17, 15) is 0 Å². The van der Waals surface area contributed by atoms with E-state index in [1.807, 2.05) is 18.4 Å². The maximum absolute atomic E-state index is 4.75. The van der Waals surface area contributed by atoms with E-state index in [1.165, 1.54) is 23.1 Å². The van der Waals surface area contributed by atoms with Gasteiger partial charge in [0.05, 0.1) is 11.9 Å². The minimum absolute atomic E-state index is 0.620. The third-order valence-corrected chi connectivity index (χ3v) is 5.36. The standard InChI is InChI=1S/C15H16N4S2/c1-16-15-17-13(12-6-8-21-14(12)18-15)19(10-4-5-10)9-11-3-2-7-20-11/h2-3,6-8,10H,4-5,9H2,1H3,(H,16,17,18). The lowest BCUT2D eigenvalue weighted by atomic mass is 10.3. The molecule has 0 atom stereocenters. The lowest BCUT2D eigenvalue weighted by Crippen LogP contribution is -2.26. The van der Waals surface area contributed by atoms with E-state index in [1.54, 1.807) is 11.3 Å². The lowest BCUT2D eigenvalue weighted by molar-refractivity contribution is 0.790. The zero-order valence-corrected chi connectivity index (χ0v) is 13.4. The van der Waals surface area contributed by atoms with Crippen molar-refractivity contribution >= 4 is 44.7 Å². The molecule has 1 saturated carbocycles. The fourth-order valence-electron chi connectivity index (χ4n) is 2.50. The van der Waals surface area contributed by atoms with Crippen LogP contribution in [0, 0.1) is 0 Å². The summed E-state index contributed by atoms with van der Waals surface area (Å²) in [5.41, 5.74) is 0. The quantitative estimate of drug-likeness (QED) is 0.773. The summed E-state index contributed by atoms with van der Waals surface area (Å²) in [6, 6.07) is 7.07. The second-order valence-corrected chi connectivity index (χ2v) is 7.13. The van der Waals surface area contributed by atoms with Gasteiger partial charge in [0.25, 0.3) is 0 Å². The molecule has 4 nitrogen and oxygen atoms in total. The van der Waals surface area contributed by atoms with Crippen LogP contribution >= 0.6 is 22.7 Å². The average Bonchev–Trinajstić information content (AvgIpc) is 3.02. The molecule has 0 saturated heterocycles. The first-order valence-electron chi connectivity index (χ1n) is 7.07. The molecular weight excluding hydrogens is 300 g/mol. The highest BCUT2D eigenvalue weighted by Gasteiger charge is 2.31. The fraction of sp³-hybridized carbons (Fsp3) is 0.333. The molecule has 0 amide bonds. The van der Waals surface area contributed by atoms with E-state index in [0.29, 0.717) is 12.0 Å². The number of hydrogen-bond acceptors (Lipinski definition) is 6. The van der Waals surface area contributed by atoms with Crippen molar-refractivity contribution in [1.82, 2.24) is 9.97 Å². The van der Waals surface area contributed by atoms with Crippen molar-refractivity contribution in [3.8, 4) is 0 Å². The lowest BCUT2D eigenvalue weighted by Gasteiger charge is -2.24. The Morgan fingerprint density at radius 1 is 1.24 bits per heavy atom. The number of aromatic nitrogens is 2. The van der Waals surface area contributed by atoms with Crippen LogP contribution in [0.5, 0.6) is 0 Å². The molecular formula is C15H16N4S2. The van der Waals surface area contributed by atoms with Gasteiger partial charge in [-0.05, 0) is 35.7 Å². The normalized spacial score (nSPS) is 14.5. The smallest absolute Gasteiger partial charge is 0.225 e. The van der Waals surface area contributed by atoms with E-state index >= 15 is 0 Å². The second-order valence-electron chi connectivity index (χ2n) is 5.20. The van der Waals surface area contributed by atoms with Crippen molar-refractivity contribution in [2.24, 2.45) is 0 Å². The minimum Gasteiger partial charge on any atom is -0.357 e. The predicted octanol–water partition coefficient (Wildman–Crippen LogP) is 3.96. The number of anilines is 2. The highest BCUT2D eigenvalue weighted by atomic mass is 32.1. The summed E-state index contributed by atoms with van der Waals surface area (Å²) >= 11 is 3.48. The van der Waals surface area contributed by atoms with Gasteiger partial charge in [0, 0.05) is 18.0 Å². The van der Waals surface area contributed by atoms with Crippen molar-refractivity contribution in [2.45, 2.75) is 25.4 Å². The van der Waals surface area contributed by atoms with Gasteiger partial charge >= 0.3 is 0 Å². The number of nitrogens with zero attached hydrogens (tertiary/aromatic N) is 3. The average molecular weight is 316 g/mol. The molecule has 1 aliphatic rings. The minimum atomic E-state index is 0.620. The van der Waals surface area contributed by atoms with E-state index in [-0.39, 0.29) is 0 Å².